The summed E-state index contributed by atoms with van der Waals surface area (Å²) in [6, 6.07) is 2.25. The van der Waals surface area contributed by atoms with Crippen LogP contribution in [-0.4, -0.2) is 12.5 Å². The molecule has 2 aliphatic rings. The fraction of sp³-hybridized carbons (Fsp3) is 0.857. The van der Waals surface area contributed by atoms with E-state index in [0.29, 0.717) is 5.41 Å². The zero-order valence-corrected chi connectivity index (χ0v) is 10.7. The van der Waals surface area contributed by atoms with E-state index in [1.165, 1.54) is 25.7 Å². The number of carbonyl (C=O) groups excluding carboxylic acids is 1. The van der Waals surface area contributed by atoms with Crippen LogP contribution in [0.4, 0.5) is 0 Å². The Bertz CT molecular complexity index is 333. The van der Waals surface area contributed by atoms with Gasteiger partial charge in [0, 0.05) is 6.54 Å². The first-order chi connectivity index (χ1) is 8.16. The highest BCUT2D eigenvalue weighted by atomic mass is 16.2. The van der Waals surface area contributed by atoms with Gasteiger partial charge in [-0.25, -0.2) is 0 Å². The minimum absolute atomic E-state index is 0.0140. The highest BCUT2D eigenvalue weighted by molar-refractivity contribution is 5.85. The summed E-state index contributed by atoms with van der Waals surface area (Å²) in [4.78, 5) is 12.1. The van der Waals surface area contributed by atoms with Gasteiger partial charge in [0.15, 0.2) is 0 Å². The molecule has 0 bridgehead atoms. The monoisotopic (exact) mass is 234 g/mol. The minimum atomic E-state index is -0.706. The average molecular weight is 234 g/mol. The molecule has 0 aromatic heterocycles. The molecule has 0 heterocycles. The first kappa shape index (κ1) is 12.4. The van der Waals surface area contributed by atoms with Gasteiger partial charge in [0.25, 0.3) is 0 Å². The van der Waals surface area contributed by atoms with E-state index < -0.39 is 5.41 Å². The van der Waals surface area contributed by atoms with Gasteiger partial charge >= 0.3 is 0 Å². The molecule has 17 heavy (non-hydrogen) atoms. The molecule has 2 fully saturated rings. The third kappa shape index (κ3) is 2.46. The number of hydrogen-bond donors (Lipinski definition) is 1. The van der Waals surface area contributed by atoms with Gasteiger partial charge < -0.3 is 5.32 Å². The van der Waals surface area contributed by atoms with Crippen molar-refractivity contribution in [1.29, 1.82) is 5.26 Å². The van der Waals surface area contributed by atoms with Gasteiger partial charge in [0.2, 0.25) is 5.91 Å². The average Bonchev–Trinajstić information content (AvgIpc) is 2.93. The Balaban J connectivity index is 1.87. The standard InChI is InChI=1S/C14H22N2O/c1-2-5-13(8-9-13)11-16-12(17)14(10-15)6-3-4-7-14/h2-9,11H2,1H3,(H,16,17). The van der Waals surface area contributed by atoms with Gasteiger partial charge in [-0.2, -0.15) is 5.26 Å². The summed E-state index contributed by atoms with van der Waals surface area (Å²) in [7, 11) is 0. The van der Waals surface area contributed by atoms with E-state index in [9.17, 15) is 10.1 Å². The lowest BCUT2D eigenvalue weighted by Crippen LogP contribution is -2.41. The van der Waals surface area contributed by atoms with Crippen molar-refractivity contribution in [2.45, 2.75) is 58.3 Å². The largest absolute Gasteiger partial charge is 0.354 e. The van der Waals surface area contributed by atoms with Crippen LogP contribution in [0, 0.1) is 22.2 Å². The SMILES string of the molecule is CCCC1(CNC(=O)C2(C#N)CCCC2)CC1. The number of hydrogen-bond acceptors (Lipinski definition) is 2. The predicted octanol–water partition coefficient (Wildman–Crippen LogP) is 2.77. The molecule has 0 radical (unpaired) electrons. The summed E-state index contributed by atoms with van der Waals surface area (Å²) in [5.74, 6) is -0.0140. The van der Waals surface area contributed by atoms with Crippen molar-refractivity contribution in [2.75, 3.05) is 6.54 Å². The quantitative estimate of drug-likeness (QED) is 0.795. The number of nitrogens with one attached hydrogen (secondary N) is 1. The van der Waals surface area contributed by atoms with Crippen molar-refractivity contribution < 1.29 is 4.79 Å². The van der Waals surface area contributed by atoms with Crippen LogP contribution in [0.3, 0.4) is 0 Å². The normalized spacial score (nSPS) is 24.0. The third-order valence-electron chi connectivity index (χ3n) is 4.47. The van der Waals surface area contributed by atoms with E-state index in [0.717, 1.165) is 32.2 Å². The molecule has 0 atom stereocenters. The molecule has 2 saturated carbocycles. The number of rotatable bonds is 5. The van der Waals surface area contributed by atoms with E-state index in [2.05, 4.69) is 18.3 Å². The molecule has 0 spiro atoms. The Morgan fingerprint density at radius 1 is 1.29 bits per heavy atom. The van der Waals surface area contributed by atoms with Crippen molar-refractivity contribution in [3.63, 3.8) is 0 Å². The first-order valence-corrected chi connectivity index (χ1v) is 6.86. The molecule has 0 saturated heterocycles. The molecule has 0 aliphatic heterocycles. The van der Waals surface area contributed by atoms with Crippen LogP contribution in [0.25, 0.3) is 0 Å². The molecule has 1 N–H and O–H groups in total. The zero-order chi connectivity index (χ0) is 12.4. The first-order valence-electron chi connectivity index (χ1n) is 6.86. The Morgan fingerprint density at radius 2 is 1.94 bits per heavy atom. The van der Waals surface area contributed by atoms with Gasteiger partial charge in [0.05, 0.1) is 6.07 Å². The third-order valence-corrected chi connectivity index (χ3v) is 4.47. The minimum Gasteiger partial charge on any atom is -0.354 e. The Labute approximate surface area is 104 Å². The van der Waals surface area contributed by atoms with E-state index in [4.69, 9.17) is 0 Å². The molecule has 94 valence electrons. The summed E-state index contributed by atoms with van der Waals surface area (Å²) in [6.45, 7) is 2.97. The van der Waals surface area contributed by atoms with Crippen LogP contribution in [0.2, 0.25) is 0 Å². The summed E-state index contributed by atoms with van der Waals surface area (Å²) in [5.41, 5.74) is -0.331. The number of carbonyl (C=O) groups is 1. The summed E-state index contributed by atoms with van der Waals surface area (Å²) >= 11 is 0. The lowest BCUT2D eigenvalue weighted by molar-refractivity contribution is -0.128. The summed E-state index contributed by atoms with van der Waals surface area (Å²) in [6.07, 6.45) is 8.38. The van der Waals surface area contributed by atoms with Crippen molar-refractivity contribution in [3.05, 3.63) is 0 Å². The van der Waals surface area contributed by atoms with Crippen LogP contribution >= 0.6 is 0 Å². The van der Waals surface area contributed by atoms with Gasteiger partial charge in [-0.15, -0.1) is 0 Å². The van der Waals surface area contributed by atoms with E-state index >= 15 is 0 Å². The lowest BCUT2D eigenvalue weighted by Gasteiger charge is -2.22. The molecule has 0 unspecified atom stereocenters. The fourth-order valence-electron chi connectivity index (χ4n) is 3.03. The van der Waals surface area contributed by atoms with Crippen LogP contribution in [0.15, 0.2) is 0 Å². The molecule has 0 aromatic carbocycles. The molecule has 2 aliphatic carbocycles. The predicted molar refractivity (Wildman–Crippen MR) is 66.1 cm³/mol. The van der Waals surface area contributed by atoms with Crippen molar-refractivity contribution >= 4 is 5.91 Å². The van der Waals surface area contributed by atoms with Crippen molar-refractivity contribution in [1.82, 2.24) is 5.32 Å². The van der Waals surface area contributed by atoms with E-state index in [1.807, 2.05) is 0 Å². The Morgan fingerprint density at radius 3 is 2.41 bits per heavy atom. The van der Waals surface area contributed by atoms with Crippen molar-refractivity contribution in [2.24, 2.45) is 10.8 Å². The van der Waals surface area contributed by atoms with Gasteiger partial charge in [-0.3, -0.25) is 4.79 Å². The number of nitrogens with zero attached hydrogens (tertiary/aromatic N) is 1. The van der Waals surface area contributed by atoms with Crippen LogP contribution in [0.5, 0.6) is 0 Å². The van der Waals surface area contributed by atoms with Gasteiger partial charge in [0.1, 0.15) is 5.41 Å². The zero-order valence-electron chi connectivity index (χ0n) is 10.7. The van der Waals surface area contributed by atoms with Crippen LogP contribution in [0.1, 0.15) is 58.3 Å². The number of amides is 1. The second-order valence-electron chi connectivity index (χ2n) is 5.83. The maximum atomic E-state index is 12.1. The lowest BCUT2D eigenvalue weighted by atomic mass is 9.86. The molecule has 1 amide bonds. The maximum absolute atomic E-state index is 12.1. The van der Waals surface area contributed by atoms with E-state index in [-0.39, 0.29) is 5.91 Å². The second-order valence-corrected chi connectivity index (χ2v) is 5.83. The summed E-state index contributed by atoms with van der Waals surface area (Å²) in [5, 5.41) is 12.3. The van der Waals surface area contributed by atoms with E-state index in [1.54, 1.807) is 0 Å². The maximum Gasteiger partial charge on any atom is 0.240 e. The molecule has 2 rings (SSSR count). The molecule has 0 aromatic rings. The number of nitriles is 1. The Hall–Kier alpha value is -1.04. The summed E-state index contributed by atoms with van der Waals surface area (Å²) < 4.78 is 0. The topological polar surface area (TPSA) is 52.9 Å². The highest BCUT2D eigenvalue weighted by Crippen LogP contribution is 2.49. The second kappa shape index (κ2) is 4.68. The molecular formula is C14H22N2O. The van der Waals surface area contributed by atoms with Crippen LogP contribution in [-0.2, 0) is 4.79 Å². The fourth-order valence-corrected chi connectivity index (χ4v) is 3.03. The Kier molecular flexibility index (Phi) is 3.42. The van der Waals surface area contributed by atoms with Gasteiger partial charge in [-0.05, 0) is 37.5 Å². The molecular weight excluding hydrogens is 212 g/mol. The highest BCUT2D eigenvalue weighted by Gasteiger charge is 2.45. The van der Waals surface area contributed by atoms with Gasteiger partial charge in [-0.1, -0.05) is 26.2 Å². The molecule has 3 heteroatoms. The van der Waals surface area contributed by atoms with Crippen molar-refractivity contribution in [3.8, 4) is 6.07 Å². The smallest absolute Gasteiger partial charge is 0.240 e. The molecule has 3 nitrogen and oxygen atoms in total. The van der Waals surface area contributed by atoms with Crippen LogP contribution < -0.4 is 5.32 Å².